The highest BCUT2D eigenvalue weighted by Gasteiger charge is 2.21. The van der Waals surface area contributed by atoms with Gasteiger partial charge in [0.05, 0.1) is 0 Å². The highest BCUT2D eigenvalue weighted by molar-refractivity contribution is 5.41. The molecule has 2 nitrogen and oxygen atoms in total. The summed E-state index contributed by atoms with van der Waals surface area (Å²) in [6, 6.07) is 6.34. The Bertz CT molecular complexity index is 459. The van der Waals surface area contributed by atoms with Gasteiger partial charge in [0.2, 0.25) is 0 Å². The van der Waals surface area contributed by atoms with E-state index < -0.39 is 0 Å². The van der Waals surface area contributed by atoms with Crippen molar-refractivity contribution in [3.63, 3.8) is 0 Å². The molecule has 0 aromatic heterocycles. The summed E-state index contributed by atoms with van der Waals surface area (Å²) in [7, 11) is 0. The first-order valence-corrected chi connectivity index (χ1v) is 8.14. The number of benzene rings is 1. The summed E-state index contributed by atoms with van der Waals surface area (Å²) in [5, 5.41) is 0. The Morgan fingerprint density at radius 2 is 2.00 bits per heavy atom. The Hall–Kier alpha value is -1.28. The van der Waals surface area contributed by atoms with Gasteiger partial charge in [-0.25, -0.2) is 0 Å². The Labute approximate surface area is 129 Å². The summed E-state index contributed by atoms with van der Waals surface area (Å²) >= 11 is 0. The molecule has 0 N–H and O–H groups in total. The molecule has 0 unspecified atom stereocenters. The molecule has 0 radical (unpaired) electrons. The van der Waals surface area contributed by atoms with Crippen LogP contribution in [0.1, 0.15) is 31.4 Å². The van der Waals surface area contributed by atoms with Gasteiger partial charge in [0, 0.05) is 19.6 Å². The van der Waals surface area contributed by atoms with Gasteiger partial charge in [-0.2, -0.15) is 0 Å². The predicted molar refractivity (Wildman–Crippen MR) is 90.0 cm³/mol. The third-order valence-corrected chi connectivity index (χ3v) is 4.26. The van der Waals surface area contributed by atoms with Crippen LogP contribution in [-0.4, -0.2) is 31.1 Å². The maximum atomic E-state index is 6.10. The van der Waals surface area contributed by atoms with Crippen LogP contribution < -0.4 is 4.74 Å². The van der Waals surface area contributed by atoms with Crippen molar-refractivity contribution in [1.29, 1.82) is 0 Å². The Balaban J connectivity index is 1.90. The summed E-state index contributed by atoms with van der Waals surface area (Å²) in [5.74, 6) is 2.67. The molecule has 0 aliphatic carbocycles. The number of hydrogen-bond donors (Lipinski definition) is 0. The van der Waals surface area contributed by atoms with E-state index in [0.717, 1.165) is 37.2 Å². The van der Waals surface area contributed by atoms with E-state index in [1.54, 1.807) is 0 Å². The number of nitrogens with zero attached hydrogens (tertiary/aromatic N) is 1. The molecule has 1 saturated heterocycles. The van der Waals surface area contributed by atoms with Gasteiger partial charge >= 0.3 is 0 Å². The SMILES string of the molecule is C=CCc1cccc(C)c1OCCN1C[C@H](C)C[C@@H](C)C1. The fraction of sp³-hybridized carbons (Fsp3) is 0.579. The van der Waals surface area contributed by atoms with E-state index in [1.165, 1.54) is 30.6 Å². The minimum atomic E-state index is 0.772. The number of hydrogen-bond acceptors (Lipinski definition) is 2. The predicted octanol–water partition coefficient (Wildman–Crippen LogP) is 4.08. The van der Waals surface area contributed by atoms with Crippen molar-refractivity contribution < 1.29 is 4.74 Å². The monoisotopic (exact) mass is 287 g/mol. The van der Waals surface area contributed by atoms with E-state index in [0.29, 0.717) is 0 Å². The van der Waals surface area contributed by atoms with Crippen LogP contribution in [0.25, 0.3) is 0 Å². The normalized spacial score (nSPS) is 23.0. The van der Waals surface area contributed by atoms with E-state index >= 15 is 0 Å². The molecule has 1 heterocycles. The number of aryl methyl sites for hydroxylation is 1. The van der Waals surface area contributed by atoms with Crippen molar-refractivity contribution >= 4 is 0 Å². The maximum Gasteiger partial charge on any atom is 0.125 e. The highest BCUT2D eigenvalue weighted by atomic mass is 16.5. The summed E-state index contributed by atoms with van der Waals surface area (Å²) in [6.45, 7) is 14.9. The molecular weight excluding hydrogens is 258 g/mol. The first-order chi connectivity index (χ1) is 10.1. The van der Waals surface area contributed by atoms with Gasteiger partial charge in [0.1, 0.15) is 12.4 Å². The fourth-order valence-electron chi connectivity index (χ4n) is 3.49. The first kappa shape index (κ1) is 16.1. The topological polar surface area (TPSA) is 12.5 Å². The standard InChI is InChI=1S/C19H29NO/c1-5-7-18-9-6-8-17(4)19(18)21-11-10-20-13-15(2)12-16(3)14-20/h5-6,8-9,15-16H,1,7,10-14H2,2-4H3/t15-,16-/m1/s1. The van der Waals surface area contributed by atoms with Crippen LogP contribution in [0, 0.1) is 18.8 Å². The lowest BCUT2D eigenvalue weighted by Gasteiger charge is -2.34. The summed E-state index contributed by atoms with van der Waals surface area (Å²) in [6.07, 6.45) is 4.17. The van der Waals surface area contributed by atoms with Crippen molar-refractivity contribution in [1.82, 2.24) is 4.90 Å². The molecule has 1 aromatic carbocycles. The third-order valence-electron chi connectivity index (χ3n) is 4.26. The zero-order valence-corrected chi connectivity index (χ0v) is 13.8. The number of ether oxygens (including phenoxy) is 1. The van der Waals surface area contributed by atoms with E-state index in [9.17, 15) is 0 Å². The van der Waals surface area contributed by atoms with Crippen molar-refractivity contribution in [3.8, 4) is 5.75 Å². The zero-order valence-electron chi connectivity index (χ0n) is 13.8. The minimum absolute atomic E-state index is 0.772. The summed E-state index contributed by atoms with van der Waals surface area (Å²) in [5.41, 5.74) is 2.46. The van der Waals surface area contributed by atoms with Gasteiger partial charge in [0.25, 0.3) is 0 Å². The largest absolute Gasteiger partial charge is 0.492 e. The van der Waals surface area contributed by atoms with Gasteiger partial charge in [-0.15, -0.1) is 6.58 Å². The van der Waals surface area contributed by atoms with E-state index in [4.69, 9.17) is 4.74 Å². The number of para-hydroxylation sites is 1. The van der Waals surface area contributed by atoms with Crippen molar-refractivity contribution in [2.45, 2.75) is 33.6 Å². The quantitative estimate of drug-likeness (QED) is 0.731. The average Bonchev–Trinajstić information content (AvgIpc) is 2.41. The van der Waals surface area contributed by atoms with Crippen molar-refractivity contribution in [3.05, 3.63) is 42.0 Å². The maximum absolute atomic E-state index is 6.10. The molecule has 0 spiro atoms. The Morgan fingerprint density at radius 3 is 2.67 bits per heavy atom. The molecule has 2 rings (SSSR count). The Morgan fingerprint density at radius 1 is 1.29 bits per heavy atom. The molecular formula is C19H29NO. The lowest BCUT2D eigenvalue weighted by atomic mass is 9.92. The van der Waals surface area contributed by atoms with Crippen LogP contribution >= 0.6 is 0 Å². The Kier molecular flexibility index (Phi) is 5.86. The van der Waals surface area contributed by atoms with Crippen molar-refractivity contribution in [2.75, 3.05) is 26.2 Å². The minimum Gasteiger partial charge on any atom is -0.492 e. The second kappa shape index (κ2) is 7.65. The summed E-state index contributed by atoms with van der Waals surface area (Å²) in [4.78, 5) is 2.55. The van der Waals surface area contributed by atoms with Crippen LogP contribution in [0.2, 0.25) is 0 Å². The number of piperidine rings is 1. The fourth-order valence-corrected chi connectivity index (χ4v) is 3.49. The molecule has 1 fully saturated rings. The van der Waals surface area contributed by atoms with Crippen LogP contribution in [-0.2, 0) is 6.42 Å². The molecule has 1 aliphatic rings. The molecule has 116 valence electrons. The van der Waals surface area contributed by atoms with Crippen LogP contribution in [0.15, 0.2) is 30.9 Å². The number of likely N-dealkylation sites (tertiary alicyclic amines) is 1. The van der Waals surface area contributed by atoms with Gasteiger partial charge in [-0.1, -0.05) is 38.1 Å². The third kappa shape index (κ3) is 4.60. The highest BCUT2D eigenvalue weighted by Crippen LogP contribution is 2.25. The van der Waals surface area contributed by atoms with Crippen molar-refractivity contribution in [2.24, 2.45) is 11.8 Å². The van der Waals surface area contributed by atoms with E-state index in [2.05, 4.69) is 50.4 Å². The van der Waals surface area contributed by atoms with E-state index in [-0.39, 0.29) is 0 Å². The average molecular weight is 287 g/mol. The molecule has 0 amide bonds. The van der Waals surface area contributed by atoms with Gasteiger partial charge < -0.3 is 4.74 Å². The van der Waals surface area contributed by atoms with Crippen LogP contribution in [0.4, 0.5) is 0 Å². The zero-order chi connectivity index (χ0) is 15.2. The van der Waals surface area contributed by atoms with Gasteiger partial charge in [-0.05, 0) is 42.7 Å². The smallest absolute Gasteiger partial charge is 0.125 e. The lowest BCUT2D eigenvalue weighted by Crippen LogP contribution is -2.40. The lowest BCUT2D eigenvalue weighted by molar-refractivity contribution is 0.120. The molecule has 2 atom stereocenters. The molecule has 1 aromatic rings. The summed E-state index contributed by atoms with van der Waals surface area (Å²) < 4.78 is 6.10. The first-order valence-electron chi connectivity index (χ1n) is 8.14. The number of allylic oxidation sites excluding steroid dienone is 1. The molecule has 1 aliphatic heterocycles. The molecule has 21 heavy (non-hydrogen) atoms. The van der Waals surface area contributed by atoms with Gasteiger partial charge in [0.15, 0.2) is 0 Å². The second-order valence-corrected chi connectivity index (χ2v) is 6.61. The molecule has 0 saturated carbocycles. The van der Waals surface area contributed by atoms with Gasteiger partial charge in [-0.3, -0.25) is 4.90 Å². The number of rotatable bonds is 6. The van der Waals surface area contributed by atoms with Crippen LogP contribution in [0.3, 0.4) is 0 Å². The molecule has 2 heteroatoms. The second-order valence-electron chi connectivity index (χ2n) is 6.61. The molecule has 0 bridgehead atoms. The van der Waals surface area contributed by atoms with E-state index in [1.807, 2.05) is 6.08 Å². The van der Waals surface area contributed by atoms with Crippen LogP contribution in [0.5, 0.6) is 5.75 Å².